The second-order valence-corrected chi connectivity index (χ2v) is 3.28. The van der Waals surface area contributed by atoms with Gasteiger partial charge in [0.2, 0.25) is 0 Å². The summed E-state index contributed by atoms with van der Waals surface area (Å²) in [7, 11) is 0. The van der Waals surface area contributed by atoms with E-state index in [1.54, 1.807) is 0 Å². The fourth-order valence-corrected chi connectivity index (χ4v) is 1.61. The number of rotatable bonds is 0. The number of aliphatic hydroxyl groups is 1. The van der Waals surface area contributed by atoms with Crippen molar-refractivity contribution in [2.75, 3.05) is 0 Å². The zero-order valence-corrected chi connectivity index (χ0v) is 7.57. The van der Waals surface area contributed by atoms with Gasteiger partial charge >= 0.3 is 0 Å². The van der Waals surface area contributed by atoms with Crippen LogP contribution in [0.25, 0.3) is 0 Å². The van der Waals surface area contributed by atoms with Crippen LogP contribution in [-0.4, -0.2) is 11.1 Å². The van der Waals surface area contributed by atoms with Crippen molar-refractivity contribution in [1.29, 1.82) is 0 Å². The number of halogens is 1. The standard InChI is InChI=1S/C7H10BrNO/c1-4-3-6(8)9-5(2)7(4)10/h3,5,9-10H,1-2H3. The first-order valence-corrected chi connectivity index (χ1v) is 3.94. The van der Waals surface area contributed by atoms with Gasteiger partial charge in [-0.25, -0.2) is 0 Å². The van der Waals surface area contributed by atoms with Crippen LogP contribution in [0.2, 0.25) is 0 Å². The molecule has 0 fully saturated rings. The second kappa shape index (κ2) is 2.66. The highest BCUT2D eigenvalue weighted by Crippen LogP contribution is 2.18. The van der Waals surface area contributed by atoms with Crippen LogP contribution in [0, 0.1) is 0 Å². The van der Waals surface area contributed by atoms with E-state index >= 15 is 0 Å². The summed E-state index contributed by atoms with van der Waals surface area (Å²) < 4.78 is 0.926. The van der Waals surface area contributed by atoms with E-state index in [0.717, 1.165) is 10.2 Å². The average Bonchev–Trinajstić information content (AvgIpc) is 1.82. The van der Waals surface area contributed by atoms with Crippen LogP contribution in [0.3, 0.4) is 0 Å². The monoisotopic (exact) mass is 203 g/mol. The molecule has 0 aromatic carbocycles. The Morgan fingerprint density at radius 3 is 2.80 bits per heavy atom. The molecular formula is C7H10BrNO. The molecule has 1 heterocycles. The predicted octanol–water partition coefficient (Wildman–Crippen LogP) is 2.05. The summed E-state index contributed by atoms with van der Waals surface area (Å²) in [6.45, 7) is 3.79. The van der Waals surface area contributed by atoms with Gasteiger partial charge in [-0.3, -0.25) is 0 Å². The lowest BCUT2D eigenvalue weighted by atomic mass is 10.1. The van der Waals surface area contributed by atoms with Gasteiger partial charge < -0.3 is 10.4 Å². The molecule has 2 N–H and O–H groups in total. The van der Waals surface area contributed by atoms with E-state index in [0.29, 0.717) is 5.76 Å². The Balaban J connectivity index is 2.92. The third kappa shape index (κ3) is 1.34. The number of allylic oxidation sites excluding steroid dienone is 2. The van der Waals surface area contributed by atoms with Gasteiger partial charge in [0.25, 0.3) is 0 Å². The Morgan fingerprint density at radius 2 is 2.30 bits per heavy atom. The molecule has 0 amide bonds. The van der Waals surface area contributed by atoms with E-state index in [1.165, 1.54) is 0 Å². The lowest BCUT2D eigenvalue weighted by Gasteiger charge is -2.19. The molecule has 1 unspecified atom stereocenters. The summed E-state index contributed by atoms with van der Waals surface area (Å²) >= 11 is 3.30. The third-order valence-electron chi connectivity index (χ3n) is 1.51. The largest absolute Gasteiger partial charge is 0.510 e. The number of nitrogens with one attached hydrogen (secondary N) is 1. The maximum atomic E-state index is 9.32. The topological polar surface area (TPSA) is 32.3 Å². The first kappa shape index (κ1) is 7.66. The van der Waals surface area contributed by atoms with Gasteiger partial charge in [-0.15, -0.1) is 0 Å². The molecule has 56 valence electrons. The molecule has 1 rings (SSSR count). The van der Waals surface area contributed by atoms with Crippen molar-refractivity contribution in [2.24, 2.45) is 0 Å². The van der Waals surface area contributed by atoms with Crippen LogP contribution in [0.1, 0.15) is 13.8 Å². The van der Waals surface area contributed by atoms with E-state index in [9.17, 15) is 5.11 Å². The molecule has 0 aliphatic carbocycles. The first-order valence-electron chi connectivity index (χ1n) is 3.14. The fraction of sp³-hybridized carbons (Fsp3) is 0.429. The summed E-state index contributed by atoms with van der Waals surface area (Å²) in [6.07, 6.45) is 1.86. The third-order valence-corrected chi connectivity index (χ3v) is 1.97. The van der Waals surface area contributed by atoms with Gasteiger partial charge in [-0.2, -0.15) is 0 Å². The van der Waals surface area contributed by atoms with Crippen LogP contribution < -0.4 is 5.32 Å². The van der Waals surface area contributed by atoms with Crippen LogP contribution in [0.15, 0.2) is 22.0 Å². The van der Waals surface area contributed by atoms with Gasteiger partial charge in [0.1, 0.15) is 5.76 Å². The summed E-state index contributed by atoms with van der Waals surface area (Å²) in [5.74, 6) is 0.420. The van der Waals surface area contributed by atoms with Crippen LogP contribution in [0.5, 0.6) is 0 Å². The molecule has 1 atom stereocenters. The average molecular weight is 204 g/mol. The van der Waals surface area contributed by atoms with Gasteiger partial charge in [-0.05, 0) is 41.4 Å². The van der Waals surface area contributed by atoms with Crippen molar-refractivity contribution in [3.05, 3.63) is 22.0 Å². The van der Waals surface area contributed by atoms with Gasteiger partial charge in [0.15, 0.2) is 0 Å². The van der Waals surface area contributed by atoms with Crippen molar-refractivity contribution in [3.63, 3.8) is 0 Å². The highest BCUT2D eigenvalue weighted by molar-refractivity contribution is 9.11. The van der Waals surface area contributed by atoms with E-state index in [-0.39, 0.29) is 6.04 Å². The maximum absolute atomic E-state index is 9.32. The molecule has 0 spiro atoms. The SMILES string of the molecule is CC1=C(O)C(C)NC(Br)=C1. The Morgan fingerprint density at radius 1 is 1.70 bits per heavy atom. The molecule has 1 aliphatic heterocycles. The Kier molecular flexibility index (Phi) is 2.04. The Bertz CT molecular complexity index is 208. The lowest BCUT2D eigenvalue weighted by molar-refractivity contribution is 0.352. The highest BCUT2D eigenvalue weighted by Gasteiger charge is 2.14. The smallest absolute Gasteiger partial charge is 0.117 e. The van der Waals surface area contributed by atoms with Crippen molar-refractivity contribution >= 4 is 15.9 Å². The molecule has 0 bridgehead atoms. The number of hydrogen-bond donors (Lipinski definition) is 2. The first-order chi connectivity index (χ1) is 4.61. The summed E-state index contributed by atoms with van der Waals surface area (Å²) in [5.41, 5.74) is 0.915. The summed E-state index contributed by atoms with van der Waals surface area (Å²) in [4.78, 5) is 0. The molecule has 3 heteroatoms. The lowest BCUT2D eigenvalue weighted by Crippen LogP contribution is -2.28. The number of dihydropyridines is 1. The zero-order chi connectivity index (χ0) is 7.72. The molecule has 1 aliphatic rings. The molecular weight excluding hydrogens is 194 g/mol. The molecule has 0 aromatic rings. The predicted molar refractivity (Wildman–Crippen MR) is 44.9 cm³/mol. The normalized spacial score (nSPS) is 25.9. The van der Waals surface area contributed by atoms with Crippen molar-refractivity contribution in [1.82, 2.24) is 5.32 Å². The maximum Gasteiger partial charge on any atom is 0.117 e. The molecule has 0 aromatic heterocycles. The number of aliphatic hydroxyl groups excluding tert-OH is 1. The van der Waals surface area contributed by atoms with Crippen molar-refractivity contribution < 1.29 is 5.11 Å². The molecule has 0 saturated carbocycles. The molecule has 0 saturated heterocycles. The summed E-state index contributed by atoms with van der Waals surface area (Å²) in [6, 6.07) is 0.0272. The van der Waals surface area contributed by atoms with Gasteiger partial charge in [0, 0.05) is 0 Å². The van der Waals surface area contributed by atoms with Crippen LogP contribution >= 0.6 is 15.9 Å². The van der Waals surface area contributed by atoms with Gasteiger partial charge in [-0.1, -0.05) is 0 Å². The minimum Gasteiger partial charge on any atom is -0.510 e. The van der Waals surface area contributed by atoms with E-state index in [1.807, 2.05) is 19.9 Å². The van der Waals surface area contributed by atoms with E-state index < -0.39 is 0 Å². The highest BCUT2D eigenvalue weighted by atomic mass is 79.9. The van der Waals surface area contributed by atoms with Gasteiger partial charge in [0.05, 0.1) is 10.6 Å². The van der Waals surface area contributed by atoms with Crippen LogP contribution in [0.4, 0.5) is 0 Å². The summed E-state index contributed by atoms with van der Waals surface area (Å²) in [5, 5.41) is 12.3. The van der Waals surface area contributed by atoms with E-state index in [4.69, 9.17) is 0 Å². The second-order valence-electron chi connectivity index (χ2n) is 2.43. The van der Waals surface area contributed by atoms with Crippen LogP contribution in [-0.2, 0) is 0 Å². The van der Waals surface area contributed by atoms with Crippen molar-refractivity contribution in [2.45, 2.75) is 19.9 Å². The minimum atomic E-state index is 0.0272. The zero-order valence-electron chi connectivity index (χ0n) is 5.98. The number of hydrogen-bond acceptors (Lipinski definition) is 2. The quantitative estimate of drug-likeness (QED) is 0.592. The Hall–Kier alpha value is -0.440. The van der Waals surface area contributed by atoms with Crippen molar-refractivity contribution in [3.8, 4) is 0 Å². The molecule has 0 radical (unpaired) electrons. The minimum absolute atomic E-state index is 0.0272. The molecule has 10 heavy (non-hydrogen) atoms. The van der Waals surface area contributed by atoms with E-state index in [2.05, 4.69) is 21.2 Å². The Labute approximate surface area is 68.8 Å². The molecule has 2 nitrogen and oxygen atoms in total. The fourth-order valence-electron chi connectivity index (χ4n) is 0.922.